The average molecular weight is 216 g/mol. The van der Waals surface area contributed by atoms with E-state index in [4.69, 9.17) is 5.11 Å². The molecule has 1 rings (SSSR count). The number of carboxylic acid groups (broad SMARTS) is 1. The molecule has 1 aromatic heterocycles. The lowest BCUT2D eigenvalue weighted by Crippen LogP contribution is -2.27. The van der Waals surface area contributed by atoms with Gasteiger partial charge in [-0.1, -0.05) is 11.3 Å². The highest BCUT2D eigenvalue weighted by Crippen LogP contribution is 1.87. The van der Waals surface area contributed by atoms with Gasteiger partial charge in [-0.25, -0.2) is 9.59 Å². The summed E-state index contributed by atoms with van der Waals surface area (Å²) in [4.78, 5) is 26.5. The minimum atomic E-state index is -1.27. The van der Waals surface area contributed by atoms with Crippen LogP contribution >= 0.6 is 11.3 Å². The fraction of sp³-hybridized carbons (Fsp3) is 0.333. The third kappa shape index (κ3) is 2.16. The molecule has 1 N–H and O–H groups in total. The van der Waals surface area contributed by atoms with Crippen LogP contribution in [-0.4, -0.2) is 46.0 Å². The summed E-state index contributed by atoms with van der Waals surface area (Å²) < 4.78 is 0.645. The van der Waals surface area contributed by atoms with Crippen LogP contribution in [0.1, 0.15) is 0 Å². The largest absolute Gasteiger partial charge is 0.463 e. The van der Waals surface area contributed by atoms with Crippen molar-refractivity contribution in [3.8, 4) is 0 Å². The predicted molar refractivity (Wildman–Crippen MR) is 48.2 cm³/mol. The molecule has 0 saturated carbocycles. The highest BCUT2D eigenvalue weighted by molar-refractivity contribution is 7.06. The van der Waals surface area contributed by atoms with Crippen molar-refractivity contribution in [1.82, 2.24) is 14.7 Å². The van der Waals surface area contributed by atoms with Crippen molar-refractivity contribution in [2.24, 2.45) is 4.99 Å². The standard InChI is InChI=1S/C6H8N4O3S/c1-9(2)4(11)8-5-10(6(12)13)7-3-14-5/h3H,1-2H3,(H,12,13). The first-order valence-corrected chi connectivity index (χ1v) is 4.42. The summed E-state index contributed by atoms with van der Waals surface area (Å²) in [6.07, 6.45) is -1.27. The lowest BCUT2D eigenvalue weighted by molar-refractivity contribution is 0.191. The first-order chi connectivity index (χ1) is 6.52. The van der Waals surface area contributed by atoms with Crippen LogP contribution in [0.15, 0.2) is 10.5 Å². The fourth-order valence-corrected chi connectivity index (χ4v) is 1.20. The molecule has 1 aromatic rings. The smallest absolute Gasteiger partial charge is 0.434 e. The molecule has 0 atom stereocenters. The molecule has 0 spiro atoms. The molecule has 0 aliphatic carbocycles. The molecule has 0 bridgehead atoms. The summed E-state index contributed by atoms with van der Waals surface area (Å²) in [7, 11) is 3.05. The molecule has 0 aliphatic heterocycles. The van der Waals surface area contributed by atoms with Gasteiger partial charge in [0.05, 0.1) is 0 Å². The van der Waals surface area contributed by atoms with Gasteiger partial charge in [0.2, 0.25) is 4.80 Å². The van der Waals surface area contributed by atoms with E-state index in [9.17, 15) is 9.59 Å². The number of nitrogens with zero attached hydrogens (tertiary/aromatic N) is 4. The first kappa shape index (κ1) is 10.4. The maximum absolute atomic E-state index is 11.1. The van der Waals surface area contributed by atoms with Gasteiger partial charge in [-0.2, -0.15) is 10.1 Å². The highest BCUT2D eigenvalue weighted by Gasteiger charge is 2.07. The van der Waals surface area contributed by atoms with Crippen LogP contribution < -0.4 is 4.80 Å². The van der Waals surface area contributed by atoms with E-state index < -0.39 is 12.1 Å². The summed E-state index contributed by atoms with van der Waals surface area (Å²) in [6, 6.07) is -0.524. The van der Waals surface area contributed by atoms with Crippen LogP contribution in [0.2, 0.25) is 0 Å². The SMILES string of the molecule is CN(C)C(=O)N=c1scnn1C(=O)O. The van der Waals surface area contributed by atoms with E-state index >= 15 is 0 Å². The topological polar surface area (TPSA) is 87.8 Å². The number of hydrogen-bond donors (Lipinski definition) is 1. The van der Waals surface area contributed by atoms with Crippen LogP contribution in [-0.2, 0) is 0 Å². The molecule has 2 amide bonds. The average Bonchev–Trinajstić information content (AvgIpc) is 2.52. The van der Waals surface area contributed by atoms with Crippen molar-refractivity contribution in [2.75, 3.05) is 14.1 Å². The summed E-state index contributed by atoms with van der Waals surface area (Å²) in [6.45, 7) is 0. The lowest BCUT2D eigenvalue weighted by Gasteiger charge is -2.03. The molecule has 0 fully saturated rings. The zero-order chi connectivity index (χ0) is 10.7. The molecule has 0 unspecified atom stereocenters. The van der Waals surface area contributed by atoms with Gasteiger partial charge in [0, 0.05) is 14.1 Å². The minimum absolute atomic E-state index is 0.0381. The van der Waals surface area contributed by atoms with Gasteiger partial charge in [0.1, 0.15) is 5.51 Å². The van der Waals surface area contributed by atoms with Crippen LogP contribution in [0.4, 0.5) is 9.59 Å². The lowest BCUT2D eigenvalue weighted by atomic mass is 10.8. The molecule has 0 radical (unpaired) electrons. The number of rotatable bonds is 0. The van der Waals surface area contributed by atoms with E-state index in [-0.39, 0.29) is 4.80 Å². The molecular formula is C6H8N4O3S. The predicted octanol–water partition coefficient (Wildman–Crippen LogP) is 0.0530. The number of hydrogen-bond acceptors (Lipinski definition) is 4. The minimum Gasteiger partial charge on any atom is -0.463 e. The van der Waals surface area contributed by atoms with Crippen molar-refractivity contribution in [2.45, 2.75) is 0 Å². The Bertz CT molecular complexity index is 419. The molecule has 14 heavy (non-hydrogen) atoms. The van der Waals surface area contributed by atoms with Crippen molar-refractivity contribution in [3.05, 3.63) is 10.3 Å². The summed E-state index contributed by atoms with van der Waals surface area (Å²) in [5, 5.41) is 12.1. The highest BCUT2D eigenvalue weighted by atomic mass is 32.1. The van der Waals surface area contributed by atoms with E-state index in [0.29, 0.717) is 4.68 Å². The maximum atomic E-state index is 11.1. The van der Waals surface area contributed by atoms with Gasteiger partial charge in [-0.05, 0) is 0 Å². The molecule has 8 heteroatoms. The number of urea groups is 1. The molecule has 0 aromatic carbocycles. The van der Waals surface area contributed by atoms with Gasteiger partial charge in [-0.15, -0.1) is 4.68 Å². The van der Waals surface area contributed by atoms with Gasteiger partial charge < -0.3 is 10.0 Å². The monoisotopic (exact) mass is 216 g/mol. The Morgan fingerprint density at radius 1 is 1.64 bits per heavy atom. The Morgan fingerprint density at radius 3 is 2.79 bits per heavy atom. The number of carbonyl (C=O) groups is 2. The Morgan fingerprint density at radius 2 is 2.29 bits per heavy atom. The normalized spacial score (nSPS) is 11.4. The van der Waals surface area contributed by atoms with Gasteiger partial charge in [0.15, 0.2) is 0 Å². The van der Waals surface area contributed by atoms with Crippen molar-refractivity contribution in [1.29, 1.82) is 0 Å². The van der Waals surface area contributed by atoms with E-state index in [0.717, 1.165) is 11.3 Å². The van der Waals surface area contributed by atoms with E-state index in [1.54, 1.807) is 0 Å². The molecule has 0 aliphatic rings. The molecule has 1 heterocycles. The van der Waals surface area contributed by atoms with Crippen molar-refractivity contribution < 1.29 is 14.7 Å². The summed E-state index contributed by atoms with van der Waals surface area (Å²) >= 11 is 0.980. The zero-order valence-corrected chi connectivity index (χ0v) is 8.35. The zero-order valence-electron chi connectivity index (χ0n) is 7.54. The van der Waals surface area contributed by atoms with Crippen LogP contribution in [0.25, 0.3) is 0 Å². The van der Waals surface area contributed by atoms with Gasteiger partial charge in [-0.3, -0.25) is 0 Å². The van der Waals surface area contributed by atoms with Crippen molar-refractivity contribution in [3.63, 3.8) is 0 Å². The number of amides is 2. The summed E-state index contributed by atoms with van der Waals surface area (Å²) in [5.74, 6) is 0. The van der Waals surface area contributed by atoms with E-state index in [2.05, 4.69) is 10.1 Å². The third-order valence-electron chi connectivity index (χ3n) is 1.26. The fourth-order valence-electron chi connectivity index (χ4n) is 0.604. The Hall–Kier alpha value is -1.70. The van der Waals surface area contributed by atoms with Crippen LogP contribution in [0, 0.1) is 0 Å². The Kier molecular flexibility index (Phi) is 2.97. The van der Waals surface area contributed by atoms with Gasteiger partial charge >= 0.3 is 12.1 Å². The third-order valence-corrected chi connectivity index (χ3v) is 1.93. The van der Waals surface area contributed by atoms with Gasteiger partial charge in [0.25, 0.3) is 0 Å². The van der Waals surface area contributed by atoms with E-state index in [1.807, 2.05) is 0 Å². The number of carbonyl (C=O) groups excluding carboxylic acids is 1. The van der Waals surface area contributed by atoms with Crippen molar-refractivity contribution >= 4 is 23.5 Å². The second kappa shape index (κ2) is 4.01. The van der Waals surface area contributed by atoms with E-state index in [1.165, 1.54) is 24.5 Å². The Labute approximate surface area is 82.9 Å². The van der Waals surface area contributed by atoms with Crippen LogP contribution in [0.5, 0.6) is 0 Å². The quantitative estimate of drug-likeness (QED) is 0.663. The molecule has 76 valence electrons. The van der Waals surface area contributed by atoms with Crippen LogP contribution in [0.3, 0.4) is 0 Å². The molecular weight excluding hydrogens is 208 g/mol. The summed E-state index contributed by atoms with van der Waals surface area (Å²) in [5.41, 5.74) is 1.30. The molecule has 0 saturated heterocycles. The molecule has 7 nitrogen and oxygen atoms in total. The first-order valence-electron chi connectivity index (χ1n) is 3.54. The second-order valence-electron chi connectivity index (χ2n) is 2.50. The maximum Gasteiger partial charge on any atom is 0.434 e. The Balaban J connectivity index is 3.13. The number of aromatic nitrogens is 2. The second-order valence-corrected chi connectivity index (χ2v) is 3.32.